The van der Waals surface area contributed by atoms with Crippen molar-refractivity contribution in [1.29, 1.82) is 0 Å². The van der Waals surface area contributed by atoms with Crippen LogP contribution in [0.4, 0.5) is 11.4 Å². The van der Waals surface area contributed by atoms with Crippen molar-refractivity contribution in [3.05, 3.63) is 33.3 Å². The average molecular weight is 201 g/mol. The number of rotatable bonds is 3. The first-order chi connectivity index (χ1) is 6.15. The zero-order chi connectivity index (χ0) is 9.84. The number of nitrogens with one attached hydrogen (secondary N) is 1. The SMILES string of the molecule is CCNc1ccc([N+](=O)[O-])cc1Cl. The van der Waals surface area contributed by atoms with Gasteiger partial charge in [0.1, 0.15) is 0 Å². The van der Waals surface area contributed by atoms with Crippen LogP contribution >= 0.6 is 11.6 Å². The Bertz CT molecular complexity index is 328. The summed E-state index contributed by atoms with van der Waals surface area (Å²) in [6.45, 7) is 2.66. The van der Waals surface area contributed by atoms with Crippen molar-refractivity contribution in [3.63, 3.8) is 0 Å². The van der Waals surface area contributed by atoms with Crippen LogP contribution in [0.1, 0.15) is 6.92 Å². The molecule has 0 aliphatic rings. The first-order valence-corrected chi connectivity index (χ1v) is 4.20. The van der Waals surface area contributed by atoms with E-state index in [2.05, 4.69) is 5.32 Å². The van der Waals surface area contributed by atoms with Gasteiger partial charge in [-0.2, -0.15) is 0 Å². The van der Waals surface area contributed by atoms with Crippen molar-refractivity contribution in [2.45, 2.75) is 6.92 Å². The summed E-state index contributed by atoms with van der Waals surface area (Å²) < 4.78 is 0. The Balaban J connectivity index is 2.98. The normalized spacial score (nSPS) is 9.69. The standard InChI is InChI=1S/C8H9ClN2O2/c1-2-10-8-4-3-6(11(12)13)5-7(8)9/h3-5,10H,2H2,1H3. The summed E-state index contributed by atoms with van der Waals surface area (Å²) in [5.74, 6) is 0. The molecule has 0 amide bonds. The van der Waals surface area contributed by atoms with Crippen LogP contribution < -0.4 is 5.32 Å². The van der Waals surface area contributed by atoms with Crippen LogP contribution in [-0.2, 0) is 0 Å². The van der Waals surface area contributed by atoms with Crippen LogP contribution in [-0.4, -0.2) is 11.5 Å². The van der Waals surface area contributed by atoms with E-state index in [9.17, 15) is 10.1 Å². The topological polar surface area (TPSA) is 55.2 Å². The number of nitrogens with zero attached hydrogens (tertiary/aromatic N) is 1. The monoisotopic (exact) mass is 200 g/mol. The van der Waals surface area contributed by atoms with E-state index in [0.29, 0.717) is 5.02 Å². The molecule has 0 atom stereocenters. The van der Waals surface area contributed by atoms with E-state index in [1.807, 2.05) is 6.92 Å². The summed E-state index contributed by atoms with van der Waals surface area (Å²) in [6, 6.07) is 4.35. The van der Waals surface area contributed by atoms with Gasteiger partial charge in [-0.1, -0.05) is 11.6 Å². The average Bonchev–Trinajstić information content (AvgIpc) is 2.08. The smallest absolute Gasteiger partial charge is 0.271 e. The maximum Gasteiger partial charge on any atom is 0.271 e. The molecule has 0 fully saturated rings. The molecule has 0 heterocycles. The highest BCUT2D eigenvalue weighted by Crippen LogP contribution is 2.26. The van der Waals surface area contributed by atoms with Crippen molar-refractivity contribution in [1.82, 2.24) is 0 Å². The lowest BCUT2D eigenvalue weighted by Gasteiger charge is -2.04. The zero-order valence-corrected chi connectivity index (χ0v) is 7.84. The molecule has 0 saturated heterocycles. The van der Waals surface area contributed by atoms with Crippen LogP contribution in [0.15, 0.2) is 18.2 Å². The number of nitro benzene ring substituents is 1. The van der Waals surface area contributed by atoms with Crippen LogP contribution in [0.25, 0.3) is 0 Å². The lowest BCUT2D eigenvalue weighted by atomic mass is 10.3. The van der Waals surface area contributed by atoms with Crippen molar-refractivity contribution < 1.29 is 4.92 Å². The Hall–Kier alpha value is -1.29. The first kappa shape index (κ1) is 9.80. The molecule has 0 unspecified atom stereocenters. The maximum absolute atomic E-state index is 10.3. The lowest BCUT2D eigenvalue weighted by Crippen LogP contribution is -1.97. The highest BCUT2D eigenvalue weighted by atomic mass is 35.5. The molecule has 1 N–H and O–H groups in total. The highest BCUT2D eigenvalue weighted by molar-refractivity contribution is 6.33. The van der Waals surface area contributed by atoms with Gasteiger partial charge in [0.15, 0.2) is 0 Å². The highest BCUT2D eigenvalue weighted by Gasteiger charge is 2.07. The third-order valence-corrected chi connectivity index (χ3v) is 1.84. The van der Waals surface area contributed by atoms with Gasteiger partial charge in [-0.15, -0.1) is 0 Å². The van der Waals surface area contributed by atoms with Gasteiger partial charge in [0.05, 0.1) is 15.6 Å². The van der Waals surface area contributed by atoms with Crippen LogP contribution in [0, 0.1) is 10.1 Å². The Kier molecular flexibility index (Phi) is 3.08. The molecule has 70 valence electrons. The number of hydrogen-bond donors (Lipinski definition) is 1. The summed E-state index contributed by atoms with van der Waals surface area (Å²) in [4.78, 5) is 9.88. The van der Waals surface area contributed by atoms with Gasteiger partial charge in [0.25, 0.3) is 5.69 Å². The Morgan fingerprint density at radius 2 is 2.31 bits per heavy atom. The lowest BCUT2D eigenvalue weighted by molar-refractivity contribution is -0.384. The summed E-state index contributed by atoms with van der Waals surface area (Å²) in [5.41, 5.74) is 0.724. The van der Waals surface area contributed by atoms with E-state index < -0.39 is 4.92 Å². The van der Waals surface area contributed by atoms with E-state index >= 15 is 0 Å². The predicted octanol–water partition coefficient (Wildman–Crippen LogP) is 2.68. The minimum Gasteiger partial charge on any atom is -0.384 e. The third-order valence-electron chi connectivity index (χ3n) is 1.53. The van der Waals surface area contributed by atoms with E-state index in [1.165, 1.54) is 12.1 Å². The fourth-order valence-corrected chi connectivity index (χ4v) is 1.19. The summed E-state index contributed by atoms with van der Waals surface area (Å²) in [5, 5.41) is 13.7. The fourth-order valence-electron chi connectivity index (χ4n) is 0.951. The van der Waals surface area contributed by atoms with Crippen molar-refractivity contribution in [3.8, 4) is 0 Å². The van der Waals surface area contributed by atoms with Gasteiger partial charge < -0.3 is 5.32 Å². The van der Waals surface area contributed by atoms with Gasteiger partial charge in [-0.05, 0) is 13.0 Å². The van der Waals surface area contributed by atoms with Gasteiger partial charge in [0, 0.05) is 18.7 Å². The van der Waals surface area contributed by atoms with Crippen molar-refractivity contribution in [2.24, 2.45) is 0 Å². The van der Waals surface area contributed by atoms with E-state index in [-0.39, 0.29) is 5.69 Å². The minimum atomic E-state index is -0.471. The third kappa shape index (κ3) is 2.32. The van der Waals surface area contributed by atoms with Gasteiger partial charge in [-0.25, -0.2) is 0 Å². The molecule has 1 rings (SSSR count). The number of hydrogen-bond acceptors (Lipinski definition) is 3. The number of non-ortho nitro benzene ring substituents is 1. The Morgan fingerprint density at radius 1 is 1.62 bits per heavy atom. The molecule has 4 nitrogen and oxygen atoms in total. The van der Waals surface area contributed by atoms with Crippen LogP contribution in [0.2, 0.25) is 5.02 Å². The molecule has 1 aromatic carbocycles. The van der Waals surface area contributed by atoms with Crippen LogP contribution in [0.5, 0.6) is 0 Å². The molecule has 0 aliphatic heterocycles. The molecule has 0 bridgehead atoms. The predicted molar refractivity (Wildman–Crippen MR) is 52.3 cm³/mol. The van der Waals surface area contributed by atoms with Gasteiger partial charge in [-0.3, -0.25) is 10.1 Å². The second kappa shape index (κ2) is 4.09. The molecule has 13 heavy (non-hydrogen) atoms. The molecular weight excluding hydrogens is 192 g/mol. The number of halogens is 1. The van der Waals surface area contributed by atoms with Gasteiger partial charge in [0.2, 0.25) is 0 Å². The quantitative estimate of drug-likeness (QED) is 0.603. The van der Waals surface area contributed by atoms with Crippen LogP contribution in [0.3, 0.4) is 0 Å². The summed E-state index contributed by atoms with van der Waals surface area (Å²) in [7, 11) is 0. The number of benzene rings is 1. The van der Waals surface area contributed by atoms with E-state index in [1.54, 1.807) is 6.07 Å². The fraction of sp³-hybridized carbons (Fsp3) is 0.250. The van der Waals surface area contributed by atoms with Crippen molar-refractivity contribution >= 4 is 23.0 Å². The molecule has 0 aliphatic carbocycles. The number of anilines is 1. The van der Waals surface area contributed by atoms with E-state index in [4.69, 9.17) is 11.6 Å². The largest absolute Gasteiger partial charge is 0.384 e. The molecule has 0 radical (unpaired) electrons. The number of nitro groups is 1. The van der Waals surface area contributed by atoms with Crippen molar-refractivity contribution in [2.75, 3.05) is 11.9 Å². The second-order valence-electron chi connectivity index (χ2n) is 2.45. The molecular formula is C8H9ClN2O2. The van der Waals surface area contributed by atoms with Gasteiger partial charge >= 0.3 is 0 Å². The first-order valence-electron chi connectivity index (χ1n) is 3.83. The second-order valence-corrected chi connectivity index (χ2v) is 2.86. The molecule has 0 saturated carbocycles. The zero-order valence-electron chi connectivity index (χ0n) is 7.08. The molecule has 0 spiro atoms. The van der Waals surface area contributed by atoms with E-state index in [0.717, 1.165) is 12.2 Å². The Morgan fingerprint density at radius 3 is 2.77 bits per heavy atom. The minimum absolute atomic E-state index is 0.00616. The summed E-state index contributed by atoms with van der Waals surface area (Å²) in [6.07, 6.45) is 0. The Labute approximate surface area is 80.7 Å². The molecule has 1 aromatic rings. The maximum atomic E-state index is 10.3. The molecule has 0 aromatic heterocycles. The molecule has 5 heteroatoms. The summed E-state index contributed by atoms with van der Waals surface area (Å²) >= 11 is 5.79.